The summed E-state index contributed by atoms with van der Waals surface area (Å²) in [6, 6.07) is 14.1. The third kappa shape index (κ3) is 27.8. The quantitative estimate of drug-likeness (QED) is 0.0490. The van der Waals surface area contributed by atoms with Gasteiger partial charge >= 0.3 is 0 Å². The van der Waals surface area contributed by atoms with Gasteiger partial charge in [-0.1, -0.05) is 245 Å². The first kappa shape index (κ1) is 49.3. The summed E-state index contributed by atoms with van der Waals surface area (Å²) in [5, 5.41) is 0. The third-order valence-electron chi connectivity index (χ3n) is 11.8. The summed E-state index contributed by atoms with van der Waals surface area (Å²) >= 11 is 0. The summed E-state index contributed by atoms with van der Waals surface area (Å²) in [4.78, 5) is 0. The van der Waals surface area contributed by atoms with Crippen LogP contribution in [0.15, 0.2) is 24.3 Å². The van der Waals surface area contributed by atoms with E-state index in [9.17, 15) is 0 Å². The third-order valence-corrected chi connectivity index (χ3v) is 18.9. The standard InChI is InChI=1S/C48H94O2Si2/c1-7-11-15-19-23-27-31-37-43-51(5,44-38-32-28-24-20-16-12-8-2)49-47-41-35-36-42-48(47)50-52(6,45-39-33-29-25-21-17-13-9-3)46-40-34-30-26-22-18-14-10-4/h35-36,41-42H,7-34,37-40,43-46H2,1-6H3. The fourth-order valence-electron chi connectivity index (χ4n) is 8.14. The lowest BCUT2D eigenvalue weighted by Gasteiger charge is -2.33. The monoisotopic (exact) mass is 759 g/mol. The molecule has 0 aliphatic carbocycles. The lowest BCUT2D eigenvalue weighted by Crippen LogP contribution is -2.40. The Bertz CT molecular complexity index is 778. The second-order valence-corrected chi connectivity index (χ2v) is 25.7. The van der Waals surface area contributed by atoms with E-state index < -0.39 is 16.6 Å². The minimum Gasteiger partial charge on any atom is -0.541 e. The number of hydrogen-bond acceptors (Lipinski definition) is 2. The highest BCUT2D eigenvalue weighted by Crippen LogP contribution is 2.37. The molecule has 52 heavy (non-hydrogen) atoms. The maximum absolute atomic E-state index is 7.31. The Hall–Kier alpha value is -0.746. The van der Waals surface area contributed by atoms with E-state index in [4.69, 9.17) is 8.85 Å². The molecule has 0 saturated heterocycles. The molecule has 0 fully saturated rings. The van der Waals surface area contributed by atoms with Crippen LogP contribution in [0.4, 0.5) is 0 Å². The molecule has 0 amide bonds. The van der Waals surface area contributed by atoms with Gasteiger partial charge in [-0.05, 0) is 49.4 Å². The van der Waals surface area contributed by atoms with Crippen molar-refractivity contribution in [2.75, 3.05) is 0 Å². The van der Waals surface area contributed by atoms with E-state index in [0.29, 0.717) is 0 Å². The van der Waals surface area contributed by atoms with Crippen LogP contribution in [0.25, 0.3) is 0 Å². The molecule has 1 rings (SSSR count). The van der Waals surface area contributed by atoms with E-state index in [1.165, 1.54) is 230 Å². The molecule has 0 N–H and O–H groups in total. The molecule has 0 aliphatic heterocycles. The van der Waals surface area contributed by atoms with Crippen LogP contribution in [0.2, 0.25) is 37.3 Å². The molecular formula is C48H94O2Si2. The van der Waals surface area contributed by atoms with Gasteiger partial charge in [0.05, 0.1) is 0 Å². The largest absolute Gasteiger partial charge is 0.541 e. The highest BCUT2D eigenvalue weighted by molar-refractivity contribution is 6.74. The molecule has 0 saturated carbocycles. The van der Waals surface area contributed by atoms with Crippen molar-refractivity contribution in [3.8, 4) is 11.5 Å². The Balaban J connectivity index is 2.92. The first-order valence-corrected chi connectivity index (χ1v) is 29.5. The Morgan fingerprint density at radius 3 is 0.712 bits per heavy atom. The van der Waals surface area contributed by atoms with Gasteiger partial charge in [-0.15, -0.1) is 0 Å². The maximum atomic E-state index is 7.31. The molecule has 0 unspecified atom stereocenters. The van der Waals surface area contributed by atoms with E-state index in [1.807, 2.05) is 0 Å². The Kier molecular flexibility index (Phi) is 32.9. The molecule has 306 valence electrons. The number of benzene rings is 1. The average molecular weight is 759 g/mol. The molecule has 1 aromatic rings. The number of unbranched alkanes of at least 4 members (excludes halogenated alkanes) is 28. The van der Waals surface area contributed by atoms with Crippen molar-refractivity contribution in [3.63, 3.8) is 0 Å². The van der Waals surface area contributed by atoms with Crippen LogP contribution in [-0.2, 0) is 0 Å². The van der Waals surface area contributed by atoms with Crippen LogP contribution in [0.5, 0.6) is 11.5 Å². The lowest BCUT2D eigenvalue weighted by molar-refractivity contribution is 0.461. The van der Waals surface area contributed by atoms with Crippen molar-refractivity contribution in [2.45, 2.75) is 270 Å². The molecule has 0 atom stereocenters. The van der Waals surface area contributed by atoms with E-state index in [-0.39, 0.29) is 0 Å². The van der Waals surface area contributed by atoms with Crippen LogP contribution in [0.1, 0.15) is 233 Å². The van der Waals surface area contributed by atoms with Crippen molar-refractivity contribution in [1.82, 2.24) is 0 Å². The number of para-hydroxylation sites is 2. The zero-order valence-electron chi connectivity index (χ0n) is 36.6. The van der Waals surface area contributed by atoms with Gasteiger partial charge in [0.25, 0.3) is 0 Å². The first-order valence-electron chi connectivity index (χ1n) is 23.9. The van der Waals surface area contributed by atoms with Gasteiger partial charge in [0.1, 0.15) is 11.5 Å². The van der Waals surface area contributed by atoms with Gasteiger partial charge in [0.2, 0.25) is 16.6 Å². The maximum Gasteiger partial charge on any atom is 0.248 e. The van der Waals surface area contributed by atoms with Crippen molar-refractivity contribution in [2.24, 2.45) is 0 Å². The van der Waals surface area contributed by atoms with Gasteiger partial charge in [-0.2, -0.15) is 0 Å². The molecular weight excluding hydrogens is 665 g/mol. The predicted molar refractivity (Wildman–Crippen MR) is 241 cm³/mol. The van der Waals surface area contributed by atoms with Gasteiger partial charge in [0, 0.05) is 0 Å². The predicted octanol–water partition coefficient (Wildman–Crippen LogP) is 18.2. The summed E-state index contributed by atoms with van der Waals surface area (Å²) in [5.41, 5.74) is 0. The highest BCUT2D eigenvalue weighted by atomic mass is 28.4. The van der Waals surface area contributed by atoms with Crippen LogP contribution in [0.3, 0.4) is 0 Å². The van der Waals surface area contributed by atoms with Gasteiger partial charge in [-0.25, -0.2) is 0 Å². The molecule has 0 aliphatic rings. The van der Waals surface area contributed by atoms with Crippen molar-refractivity contribution < 1.29 is 8.85 Å². The molecule has 4 heteroatoms. The normalized spacial score (nSPS) is 12.1. The van der Waals surface area contributed by atoms with Crippen molar-refractivity contribution in [3.05, 3.63) is 24.3 Å². The summed E-state index contributed by atoms with van der Waals surface area (Å²) in [6.07, 6.45) is 44.4. The van der Waals surface area contributed by atoms with Crippen LogP contribution >= 0.6 is 0 Å². The topological polar surface area (TPSA) is 18.5 Å². The van der Waals surface area contributed by atoms with Gasteiger partial charge in [0.15, 0.2) is 0 Å². The Labute approximate surface area is 330 Å². The minimum absolute atomic E-state index is 1.07. The minimum atomic E-state index is -1.92. The second kappa shape index (κ2) is 34.7. The lowest BCUT2D eigenvalue weighted by atomic mass is 10.1. The number of hydrogen-bond donors (Lipinski definition) is 0. The molecule has 1 aromatic carbocycles. The van der Waals surface area contributed by atoms with Crippen molar-refractivity contribution in [1.29, 1.82) is 0 Å². The zero-order valence-corrected chi connectivity index (χ0v) is 38.6. The van der Waals surface area contributed by atoms with E-state index in [1.54, 1.807) is 0 Å². The van der Waals surface area contributed by atoms with E-state index in [0.717, 1.165) is 11.5 Å². The summed E-state index contributed by atoms with van der Waals surface area (Å²) in [5.74, 6) is 2.14. The number of rotatable bonds is 40. The second-order valence-electron chi connectivity index (χ2n) is 17.5. The SMILES string of the molecule is CCCCCCCCCC[Si](C)(CCCCCCCCCC)Oc1ccccc1O[Si](C)(CCCCCCCCCC)CCCCCCCCCC. The summed E-state index contributed by atoms with van der Waals surface area (Å²) in [6.45, 7) is 14.4. The first-order chi connectivity index (χ1) is 25.4. The summed E-state index contributed by atoms with van der Waals surface area (Å²) < 4.78 is 14.6. The molecule has 0 spiro atoms. The summed E-state index contributed by atoms with van der Waals surface area (Å²) in [7, 11) is -3.85. The molecule has 0 bridgehead atoms. The van der Waals surface area contributed by atoms with Gasteiger partial charge in [-0.3, -0.25) is 0 Å². The Morgan fingerprint density at radius 1 is 0.308 bits per heavy atom. The fourth-order valence-corrected chi connectivity index (χ4v) is 14.4. The van der Waals surface area contributed by atoms with Gasteiger partial charge < -0.3 is 8.85 Å². The Morgan fingerprint density at radius 2 is 0.500 bits per heavy atom. The zero-order chi connectivity index (χ0) is 37.9. The van der Waals surface area contributed by atoms with E-state index >= 15 is 0 Å². The molecule has 0 radical (unpaired) electrons. The van der Waals surface area contributed by atoms with Crippen molar-refractivity contribution >= 4 is 16.6 Å². The average Bonchev–Trinajstić information content (AvgIpc) is 3.14. The van der Waals surface area contributed by atoms with Crippen LogP contribution in [-0.4, -0.2) is 16.6 Å². The highest BCUT2D eigenvalue weighted by Gasteiger charge is 2.34. The molecule has 0 heterocycles. The fraction of sp³-hybridized carbons (Fsp3) is 0.875. The molecule has 2 nitrogen and oxygen atoms in total. The van der Waals surface area contributed by atoms with E-state index in [2.05, 4.69) is 65.1 Å². The smallest absolute Gasteiger partial charge is 0.248 e. The van der Waals surface area contributed by atoms with Crippen LogP contribution in [0, 0.1) is 0 Å². The van der Waals surface area contributed by atoms with Crippen LogP contribution < -0.4 is 8.85 Å². The molecule has 0 aromatic heterocycles.